The van der Waals surface area contributed by atoms with Crippen LogP contribution in [0.4, 0.5) is 0 Å². The fourth-order valence-electron chi connectivity index (χ4n) is 1.62. The highest BCUT2D eigenvalue weighted by Gasteiger charge is 2.05. The zero-order chi connectivity index (χ0) is 9.26. The number of fused-ring (bicyclic) bond motifs is 1. The Balaban J connectivity index is 2.47. The Morgan fingerprint density at radius 2 is 2.08 bits per heavy atom. The molecular formula is C10H14N2S. The average molecular weight is 194 g/mol. The number of nitrogens with zero attached hydrogens (tertiary/aromatic N) is 2. The largest absolute Gasteiger partial charge is 0.313 e. The molecule has 0 spiro atoms. The first-order chi connectivity index (χ1) is 6.36. The third-order valence-corrected chi connectivity index (χ3v) is 3.19. The number of hydrogen-bond acceptors (Lipinski definition) is 2. The number of hydrogen-bond donors (Lipinski definition) is 0. The van der Waals surface area contributed by atoms with Gasteiger partial charge in [0.05, 0.1) is 10.2 Å². The maximum absolute atomic E-state index is 2.31. The van der Waals surface area contributed by atoms with Gasteiger partial charge in [-0.3, -0.25) is 4.68 Å². The van der Waals surface area contributed by atoms with Crippen LogP contribution in [0, 0.1) is 0 Å². The highest BCUT2D eigenvalue weighted by molar-refractivity contribution is 7.17. The molecule has 0 bridgehead atoms. The Labute approximate surface area is 82.4 Å². The Bertz CT molecular complexity index is 384. The zero-order valence-electron chi connectivity index (χ0n) is 8.03. The topological polar surface area (TPSA) is 8.17 Å². The van der Waals surface area contributed by atoms with Crippen molar-refractivity contribution >= 4 is 21.6 Å². The molecule has 2 rings (SSSR count). The summed E-state index contributed by atoms with van der Waals surface area (Å²) in [7, 11) is 0. The van der Waals surface area contributed by atoms with Crippen molar-refractivity contribution in [3.05, 3.63) is 23.7 Å². The third kappa shape index (κ3) is 1.33. The minimum atomic E-state index is 1.05. The minimum Gasteiger partial charge on any atom is -0.313 e. The molecule has 0 aliphatic carbocycles. The summed E-state index contributed by atoms with van der Waals surface area (Å²) in [6, 6.07) is 4.36. The molecule has 2 aromatic rings. The average Bonchev–Trinajstić information content (AvgIpc) is 2.70. The number of thiophene rings is 1. The Morgan fingerprint density at radius 1 is 1.31 bits per heavy atom. The summed E-state index contributed by atoms with van der Waals surface area (Å²) in [4.78, 5) is 0. The van der Waals surface area contributed by atoms with Gasteiger partial charge in [-0.2, -0.15) is 0 Å². The molecule has 0 amide bonds. The van der Waals surface area contributed by atoms with Gasteiger partial charge in [-0.15, -0.1) is 11.3 Å². The molecule has 13 heavy (non-hydrogen) atoms. The fourth-order valence-corrected chi connectivity index (χ4v) is 2.39. The van der Waals surface area contributed by atoms with Gasteiger partial charge in [0.1, 0.15) is 0 Å². The van der Waals surface area contributed by atoms with Crippen LogP contribution in [-0.4, -0.2) is 17.8 Å². The normalized spacial score (nSPS) is 10.9. The molecule has 0 aliphatic heterocycles. The van der Waals surface area contributed by atoms with Gasteiger partial charge in [-0.25, -0.2) is 0 Å². The molecular weight excluding hydrogens is 180 g/mol. The highest BCUT2D eigenvalue weighted by Crippen LogP contribution is 2.21. The molecule has 70 valence electrons. The molecule has 2 heterocycles. The summed E-state index contributed by atoms with van der Waals surface area (Å²) in [5, 5.41) is 4.46. The first-order valence-corrected chi connectivity index (χ1v) is 5.54. The minimum absolute atomic E-state index is 1.05. The van der Waals surface area contributed by atoms with Crippen molar-refractivity contribution in [1.82, 2.24) is 4.68 Å². The highest BCUT2D eigenvalue weighted by atomic mass is 32.1. The summed E-state index contributed by atoms with van der Waals surface area (Å²) in [6.07, 6.45) is 2.15. The van der Waals surface area contributed by atoms with E-state index < -0.39 is 0 Å². The fraction of sp³-hybridized carbons (Fsp3) is 0.400. The second-order valence-electron chi connectivity index (χ2n) is 2.97. The molecule has 0 saturated carbocycles. The summed E-state index contributed by atoms with van der Waals surface area (Å²) in [5.41, 5.74) is 1.33. The van der Waals surface area contributed by atoms with E-state index in [1.807, 2.05) is 0 Å². The zero-order valence-corrected chi connectivity index (χ0v) is 8.84. The lowest BCUT2D eigenvalue weighted by molar-refractivity contribution is 0.640. The van der Waals surface area contributed by atoms with E-state index in [1.165, 1.54) is 10.2 Å². The lowest BCUT2D eigenvalue weighted by atomic mass is 10.5. The molecule has 0 fully saturated rings. The van der Waals surface area contributed by atoms with Gasteiger partial charge in [0.25, 0.3) is 0 Å². The third-order valence-electron chi connectivity index (χ3n) is 2.32. The summed E-state index contributed by atoms with van der Waals surface area (Å²) < 4.78 is 3.61. The molecule has 0 unspecified atom stereocenters. The molecule has 0 radical (unpaired) electrons. The van der Waals surface area contributed by atoms with Crippen molar-refractivity contribution in [2.75, 3.05) is 18.1 Å². The van der Waals surface area contributed by atoms with E-state index in [4.69, 9.17) is 0 Å². The van der Waals surface area contributed by atoms with Crippen LogP contribution in [-0.2, 0) is 0 Å². The first kappa shape index (κ1) is 8.63. The lowest BCUT2D eigenvalue weighted by Crippen LogP contribution is -2.33. The smallest absolute Gasteiger partial charge is 0.0802 e. The van der Waals surface area contributed by atoms with Gasteiger partial charge >= 0.3 is 0 Å². The Hall–Kier alpha value is -0.960. The molecule has 0 aromatic carbocycles. The monoisotopic (exact) mass is 194 g/mol. The van der Waals surface area contributed by atoms with E-state index >= 15 is 0 Å². The molecule has 0 saturated heterocycles. The first-order valence-electron chi connectivity index (χ1n) is 4.66. The molecule has 3 heteroatoms. The maximum atomic E-state index is 2.31. The van der Waals surface area contributed by atoms with Crippen molar-refractivity contribution in [3.8, 4) is 0 Å². The Kier molecular flexibility index (Phi) is 2.27. The predicted octanol–water partition coefficient (Wildman–Crippen LogP) is 2.68. The summed E-state index contributed by atoms with van der Waals surface area (Å²) >= 11 is 1.80. The van der Waals surface area contributed by atoms with Crippen LogP contribution in [0.25, 0.3) is 10.2 Å². The van der Waals surface area contributed by atoms with E-state index in [-0.39, 0.29) is 0 Å². The van der Waals surface area contributed by atoms with Gasteiger partial charge in [0.2, 0.25) is 0 Å². The van der Waals surface area contributed by atoms with Crippen molar-refractivity contribution in [2.45, 2.75) is 13.8 Å². The summed E-state index contributed by atoms with van der Waals surface area (Å²) in [6.45, 7) is 6.47. The quantitative estimate of drug-likeness (QED) is 0.729. The summed E-state index contributed by atoms with van der Waals surface area (Å²) in [5.74, 6) is 0. The van der Waals surface area contributed by atoms with Crippen molar-refractivity contribution < 1.29 is 0 Å². The van der Waals surface area contributed by atoms with Crippen molar-refractivity contribution in [1.29, 1.82) is 0 Å². The molecule has 2 aromatic heterocycles. The van der Waals surface area contributed by atoms with Crippen LogP contribution in [0.5, 0.6) is 0 Å². The van der Waals surface area contributed by atoms with Crippen LogP contribution in [0.2, 0.25) is 0 Å². The molecule has 2 nitrogen and oxygen atoms in total. The van der Waals surface area contributed by atoms with Crippen LogP contribution in [0.3, 0.4) is 0 Å². The predicted molar refractivity (Wildman–Crippen MR) is 59.1 cm³/mol. The van der Waals surface area contributed by atoms with E-state index in [9.17, 15) is 0 Å². The standard InChI is InChI=1S/C10H14N2S/c1-3-11(4-2)12-7-5-10-9(12)6-8-13-10/h5-8H,3-4H2,1-2H3. The molecule has 0 aliphatic rings. The van der Waals surface area contributed by atoms with Gasteiger partial charge in [-0.1, -0.05) is 0 Å². The van der Waals surface area contributed by atoms with Crippen LogP contribution in [0.1, 0.15) is 13.8 Å². The van der Waals surface area contributed by atoms with Gasteiger partial charge in [0.15, 0.2) is 0 Å². The SMILES string of the molecule is CCN(CC)n1ccc2sccc21. The van der Waals surface area contributed by atoms with Gasteiger partial charge in [0, 0.05) is 19.3 Å². The molecule has 0 atom stereocenters. The van der Waals surface area contributed by atoms with E-state index in [0.29, 0.717) is 0 Å². The van der Waals surface area contributed by atoms with Crippen LogP contribution in [0.15, 0.2) is 23.7 Å². The lowest BCUT2D eigenvalue weighted by Gasteiger charge is -2.22. The number of rotatable bonds is 3. The van der Waals surface area contributed by atoms with Gasteiger partial charge < -0.3 is 5.01 Å². The van der Waals surface area contributed by atoms with E-state index in [1.54, 1.807) is 11.3 Å². The maximum Gasteiger partial charge on any atom is 0.0802 e. The Morgan fingerprint density at radius 3 is 2.77 bits per heavy atom. The van der Waals surface area contributed by atoms with E-state index in [2.05, 4.69) is 47.2 Å². The van der Waals surface area contributed by atoms with Crippen LogP contribution < -0.4 is 5.01 Å². The molecule has 0 N–H and O–H groups in total. The van der Waals surface area contributed by atoms with Crippen molar-refractivity contribution in [3.63, 3.8) is 0 Å². The van der Waals surface area contributed by atoms with Crippen molar-refractivity contribution in [2.24, 2.45) is 0 Å². The second-order valence-corrected chi connectivity index (χ2v) is 3.92. The van der Waals surface area contributed by atoms with E-state index in [0.717, 1.165) is 13.1 Å². The van der Waals surface area contributed by atoms with Crippen LogP contribution >= 0.6 is 11.3 Å². The number of aromatic nitrogens is 1. The van der Waals surface area contributed by atoms with Gasteiger partial charge in [-0.05, 0) is 31.4 Å². The second kappa shape index (κ2) is 3.42.